The molecule has 124 valence electrons. The van der Waals surface area contributed by atoms with Gasteiger partial charge in [-0.15, -0.1) is 11.3 Å². The van der Waals surface area contributed by atoms with E-state index in [1.54, 1.807) is 17.5 Å². The lowest BCUT2D eigenvalue weighted by atomic mass is 9.96. The molecule has 1 aromatic carbocycles. The van der Waals surface area contributed by atoms with Crippen LogP contribution in [0.1, 0.15) is 23.3 Å². The number of benzene rings is 1. The summed E-state index contributed by atoms with van der Waals surface area (Å²) in [5.74, 6) is 0. The average molecular weight is 348 g/mol. The number of H-pyrrole nitrogens is 1. The lowest BCUT2D eigenvalue weighted by Crippen LogP contribution is -2.26. The number of aryl methyl sites for hydroxylation is 2. The van der Waals surface area contributed by atoms with Crippen LogP contribution in [0.25, 0.3) is 26.8 Å². The quantitative estimate of drug-likeness (QED) is 0.554. The highest BCUT2D eigenvalue weighted by molar-refractivity contribution is 7.18. The Labute approximate surface area is 147 Å². The number of aromatic nitrogens is 3. The number of thiophene rings is 1. The third-order valence-corrected chi connectivity index (χ3v) is 6.10. The minimum atomic E-state index is -0.0415. The van der Waals surface area contributed by atoms with Crippen molar-refractivity contribution in [1.29, 1.82) is 5.41 Å². The zero-order valence-electron chi connectivity index (χ0n) is 13.5. The molecule has 3 aromatic heterocycles. The summed E-state index contributed by atoms with van der Waals surface area (Å²) in [4.78, 5) is 18.8. The Hall–Kier alpha value is -2.73. The number of para-hydroxylation sites is 1. The Morgan fingerprint density at radius 3 is 2.76 bits per heavy atom. The first kappa shape index (κ1) is 14.6. The van der Waals surface area contributed by atoms with Gasteiger partial charge in [-0.25, -0.2) is 4.68 Å². The van der Waals surface area contributed by atoms with E-state index in [4.69, 9.17) is 5.41 Å². The van der Waals surface area contributed by atoms with Gasteiger partial charge in [-0.1, -0.05) is 18.2 Å². The number of nitrogens with zero attached hydrogens (tertiary/aromatic N) is 2. The van der Waals surface area contributed by atoms with Crippen molar-refractivity contribution < 1.29 is 0 Å². The van der Waals surface area contributed by atoms with Gasteiger partial charge >= 0.3 is 0 Å². The molecule has 5 nitrogen and oxygen atoms in total. The van der Waals surface area contributed by atoms with E-state index in [0.29, 0.717) is 10.9 Å². The Bertz CT molecular complexity index is 1230. The van der Waals surface area contributed by atoms with E-state index in [0.717, 1.165) is 35.2 Å². The van der Waals surface area contributed by atoms with Crippen LogP contribution < -0.4 is 10.9 Å². The predicted molar refractivity (Wildman–Crippen MR) is 99.6 cm³/mol. The van der Waals surface area contributed by atoms with Gasteiger partial charge in [0.25, 0.3) is 0 Å². The first-order valence-electron chi connectivity index (χ1n) is 8.42. The molecule has 0 unspecified atom stereocenters. The fourth-order valence-corrected chi connectivity index (χ4v) is 5.00. The largest absolute Gasteiger partial charge is 0.345 e. The molecule has 0 radical (unpaired) electrons. The maximum atomic E-state index is 13.3. The monoisotopic (exact) mass is 348 g/mol. The average Bonchev–Trinajstić information content (AvgIpc) is 3.01. The second kappa shape index (κ2) is 5.39. The van der Waals surface area contributed by atoms with Gasteiger partial charge in [0.1, 0.15) is 4.83 Å². The number of nitrogens with one attached hydrogen (secondary N) is 2. The highest BCUT2D eigenvalue weighted by Crippen LogP contribution is 2.34. The summed E-state index contributed by atoms with van der Waals surface area (Å²) >= 11 is 1.68. The number of hydrogen-bond acceptors (Lipinski definition) is 4. The second-order valence-corrected chi connectivity index (χ2v) is 7.50. The van der Waals surface area contributed by atoms with E-state index in [-0.39, 0.29) is 10.9 Å². The molecule has 0 atom stereocenters. The standard InChI is InChI=1S/C19H16N4OS/c20-18-16-13(10-21-23(18)11-6-2-1-3-7-11)22-19-15(17(16)24)12-8-4-5-9-14(12)25-19/h1-3,6-7,10,20H,4-5,8-9H2,(H,22,24). The Kier molecular flexibility index (Phi) is 3.15. The van der Waals surface area contributed by atoms with Crippen molar-refractivity contribution in [3.05, 3.63) is 62.7 Å². The molecule has 3 heterocycles. The molecule has 0 aliphatic heterocycles. The van der Waals surface area contributed by atoms with Crippen molar-refractivity contribution in [3.63, 3.8) is 0 Å². The molecule has 1 aliphatic rings. The lowest BCUT2D eigenvalue weighted by Gasteiger charge is -2.10. The minimum Gasteiger partial charge on any atom is -0.345 e. The van der Waals surface area contributed by atoms with Crippen LogP contribution in [0, 0.1) is 5.41 Å². The van der Waals surface area contributed by atoms with Crippen molar-refractivity contribution >= 4 is 32.5 Å². The topological polar surface area (TPSA) is 74.5 Å². The molecule has 4 aromatic rings. The summed E-state index contributed by atoms with van der Waals surface area (Å²) in [6.45, 7) is 0. The maximum Gasteiger partial charge on any atom is 0.202 e. The summed E-state index contributed by atoms with van der Waals surface area (Å²) in [6, 6.07) is 9.49. The fourth-order valence-electron chi connectivity index (χ4n) is 3.70. The number of rotatable bonds is 1. The summed E-state index contributed by atoms with van der Waals surface area (Å²) in [5.41, 5.74) is 2.69. The third kappa shape index (κ3) is 2.10. The van der Waals surface area contributed by atoms with Gasteiger partial charge in [-0.2, -0.15) is 5.10 Å². The molecule has 5 rings (SSSR count). The molecule has 0 amide bonds. The molecular formula is C19H16N4OS. The van der Waals surface area contributed by atoms with E-state index >= 15 is 0 Å². The van der Waals surface area contributed by atoms with Crippen LogP contribution in [-0.2, 0) is 12.8 Å². The normalized spacial score (nSPS) is 14.1. The summed E-state index contributed by atoms with van der Waals surface area (Å²) in [5, 5.41) is 14.1. The number of fused-ring (bicyclic) bond motifs is 4. The molecule has 0 fully saturated rings. The van der Waals surface area contributed by atoms with Crippen LogP contribution in [0.4, 0.5) is 0 Å². The van der Waals surface area contributed by atoms with Crippen LogP contribution in [0.2, 0.25) is 0 Å². The lowest BCUT2D eigenvalue weighted by molar-refractivity contribution is 0.700. The van der Waals surface area contributed by atoms with Crippen molar-refractivity contribution in [2.45, 2.75) is 25.7 Å². The minimum absolute atomic E-state index is 0.0415. The molecule has 25 heavy (non-hydrogen) atoms. The third-order valence-electron chi connectivity index (χ3n) is 4.89. The van der Waals surface area contributed by atoms with Crippen molar-refractivity contribution in [1.82, 2.24) is 14.8 Å². The first-order chi connectivity index (χ1) is 12.2. The molecule has 2 N–H and O–H groups in total. The molecule has 0 spiro atoms. The van der Waals surface area contributed by atoms with Gasteiger partial charge < -0.3 is 4.98 Å². The van der Waals surface area contributed by atoms with Crippen LogP contribution in [-0.4, -0.2) is 14.8 Å². The summed E-state index contributed by atoms with van der Waals surface area (Å²) < 4.78 is 1.52. The zero-order valence-corrected chi connectivity index (χ0v) is 14.3. The van der Waals surface area contributed by atoms with Crippen LogP contribution >= 0.6 is 11.3 Å². The Morgan fingerprint density at radius 2 is 1.92 bits per heavy atom. The smallest absolute Gasteiger partial charge is 0.202 e. The molecule has 0 bridgehead atoms. The molecule has 0 saturated carbocycles. The van der Waals surface area contributed by atoms with Crippen LogP contribution in [0.15, 0.2) is 41.3 Å². The number of hydrogen-bond donors (Lipinski definition) is 2. The number of pyridine rings is 1. The van der Waals surface area contributed by atoms with Gasteiger partial charge in [-0.05, 0) is 43.4 Å². The van der Waals surface area contributed by atoms with E-state index in [1.165, 1.54) is 21.5 Å². The molecular weight excluding hydrogens is 332 g/mol. The Balaban J connectivity index is 1.89. The highest BCUT2D eigenvalue weighted by atomic mass is 32.1. The van der Waals surface area contributed by atoms with E-state index < -0.39 is 0 Å². The number of aromatic amines is 1. The van der Waals surface area contributed by atoms with E-state index in [9.17, 15) is 4.79 Å². The van der Waals surface area contributed by atoms with Gasteiger partial charge in [0, 0.05) is 4.88 Å². The van der Waals surface area contributed by atoms with Gasteiger partial charge in [0.2, 0.25) is 5.43 Å². The van der Waals surface area contributed by atoms with Crippen molar-refractivity contribution in [2.24, 2.45) is 0 Å². The van der Waals surface area contributed by atoms with Crippen molar-refractivity contribution in [2.75, 3.05) is 0 Å². The van der Waals surface area contributed by atoms with Gasteiger partial charge in [0.15, 0.2) is 5.49 Å². The van der Waals surface area contributed by atoms with Crippen LogP contribution in [0.5, 0.6) is 0 Å². The zero-order chi connectivity index (χ0) is 17.0. The van der Waals surface area contributed by atoms with E-state index in [1.807, 2.05) is 30.3 Å². The summed E-state index contributed by atoms with van der Waals surface area (Å²) in [7, 11) is 0. The molecule has 6 heteroatoms. The van der Waals surface area contributed by atoms with E-state index in [2.05, 4.69) is 10.1 Å². The molecule has 0 saturated heterocycles. The van der Waals surface area contributed by atoms with Crippen LogP contribution in [0.3, 0.4) is 0 Å². The van der Waals surface area contributed by atoms with Gasteiger partial charge in [-0.3, -0.25) is 10.2 Å². The predicted octanol–water partition coefficient (Wildman–Crippen LogP) is 3.29. The first-order valence-corrected chi connectivity index (χ1v) is 9.24. The van der Waals surface area contributed by atoms with Gasteiger partial charge in [0.05, 0.1) is 28.2 Å². The fraction of sp³-hybridized carbons (Fsp3) is 0.211. The molecule has 1 aliphatic carbocycles. The van der Waals surface area contributed by atoms with Crippen molar-refractivity contribution in [3.8, 4) is 5.69 Å². The highest BCUT2D eigenvalue weighted by Gasteiger charge is 2.20. The Morgan fingerprint density at radius 1 is 1.12 bits per heavy atom. The maximum absolute atomic E-state index is 13.3. The second-order valence-electron chi connectivity index (χ2n) is 6.40. The summed E-state index contributed by atoms with van der Waals surface area (Å²) in [6.07, 6.45) is 5.98. The SMILES string of the molecule is N=c1c2c(=O)c3c4c(sc3[nH]c2cnn1-c1ccccc1)CCCC4.